The van der Waals surface area contributed by atoms with Gasteiger partial charge < -0.3 is 19.5 Å². The average Bonchev–Trinajstić information content (AvgIpc) is 3.30. The van der Waals surface area contributed by atoms with Gasteiger partial charge in [0.25, 0.3) is 5.91 Å². The number of hydrogen-bond donors (Lipinski definition) is 1. The number of ether oxygens (including phenoxy) is 3. The van der Waals surface area contributed by atoms with Crippen molar-refractivity contribution >= 4 is 11.6 Å². The minimum Gasteiger partial charge on any atom is -0.497 e. The summed E-state index contributed by atoms with van der Waals surface area (Å²) >= 11 is 0. The highest BCUT2D eigenvalue weighted by molar-refractivity contribution is 6.04. The number of amides is 1. The number of anilines is 1. The van der Waals surface area contributed by atoms with Crippen LogP contribution in [0.15, 0.2) is 66.7 Å². The fraction of sp³-hybridized carbons (Fsp3) is 0.192. The molecule has 1 heterocycles. The van der Waals surface area contributed by atoms with E-state index in [4.69, 9.17) is 14.2 Å². The van der Waals surface area contributed by atoms with Gasteiger partial charge in [-0.3, -0.25) is 4.79 Å². The van der Waals surface area contributed by atoms with E-state index in [1.807, 2.05) is 30.3 Å². The van der Waals surface area contributed by atoms with Crippen molar-refractivity contribution in [2.45, 2.75) is 6.92 Å². The van der Waals surface area contributed by atoms with Crippen LogP contribution in [0.4, 0.5) is 10.1 Å². The maximum Gasteiger partial charge on any atom is 0.336 e. The molecule has 0 spiro atoms. The Bertz CT molecular complexity index is 1320. The molecule has 0 radical (unpaired) electrons. The van der Waals surface area contributed by atoms with Gasteiger partial charge in [0.15, 0.2) is 5.82 Å². The van der Waals surface area contributed by atoms with E-state index in [9.17, 15) is 9.18 Å². The van der Waals surface area contributed by atoms with Gasteiger partial charge in [0.1, 0.15) is 18.2 Å². The smallest absolute Gasteiger partial charge is 0.336 e. The van der Waals surface area contributed by atoms with Crippen molar-refractivity contribution in [1.29, 1.82) is 0 Å². The number of benzene rings is 3. The fourth-order valence-electron chi connectivity index (χ4n) is 3.38. The standard InChI is InChI=1S/C26H25FN4O4/c1-17-15-19(9-12-23(17)27)25(32)28-20-5-4-6-21(16-20)31-24(18-7-10-22(34-3)11-8-18)29-26(30-31)35-14-13-33-2/h4-12,15-16H,13-14H2,1-3H3,(H,28,32). The lowest BCUT2D eigenvalue weighted by Gasteiger charge is -2.10. The van der Waals surface area contributed by atoms with Gasteiger partial charge in [-0.25, -0.2) is 9.07 Å². The first-order chi connectivity index (χ1) is 17.0. The third-order valence-corrected chi connectivity index (χ3v) is 5.22. The number of carbonyl (C=O) groups excluding carboxylic acids is 1. The Kier molecular flexibility index (Phi) is 7.37. The van der Waals surface area contributed by atoms with Crippen LogP contribution in [-0.2, 0) is 4.74 Å². The predicted octanol–water partition coefficient (Wildman–Crippen LogP) is 4.67. The van der Waals surface area contributed by atoms with Crippen LogP contribution in [0.3, 0.4) is 0 Å². The molecule has 4 aromatic rings. The molecule has 8 nitrogen and oxygen atoms in total. The highest BCUT2D eigenvalue weighted by Crippen LogP contribution is 2.27. The first-order valence-corrected chi connectivity index (χ1v) is 10.9. The van der Waals surface area contributed by atoms with Gasteiger partial charge in [0, 0.05) is 23.9 Å². The van der Waals surface area contributed by atoms with Crippen molar-refractivity contribution in [3.8, 4) is 28.8 Å². The molecular formula is C26H25FN4O4. The van der Waals surface area contributed by atoms with Crippen molar-refractivity contribution < 1.29 is 23.4 Å². The van der Waals surface area contributed by atoms with E-state index >= 15 is 0 Å². The number of nitrogens with zero attached hydrogens (tertiary/aromatic N) is 3. The lowest BCUT2D eigenvalue weighted by Crippen LogP contribution is -2.12. The summed E-state index contributed by atoms with van der Waals surface area (Å²) in [6.45, 7) is 2.32. The van der Waals surface area contributed by atoms with Crippen LogP contribution >= 0.6 is 0 Å². The molecular weight excluding hydrogens is 451 g/mol. The Balaban J connectivity index is 1.65. The Morgan fingerprint density at radius 1 is 1.03 bits per heavy atom. The number of nitrogens with one attached hydrogen (secondary N) is 1. The van der Waals surface area contributed by atoms with E-state index in [0.29, 0.717) is 41.5 Å². The molecule has 1 aromatic heterocycles. The van der Waals surface area contributed by atoms with Gasteiger partial charge in [0.05, 0.1) is 19.4 Å². The van der Waals surface area contributed by atoms with Crippen LogP contribution in [0.2, 0.25) is 0 Å². The normalized spacial score (nSPS) is 10.7. The first kappa shape index (κ1) is 23.9. The molecule has 0 atom stereocenters. The second-order valence-corrected chi connectivity index (χ2v) is 7.67. The Labute approximate surface area is 202 Å². The summed E-state index contributed by atoms with van der Waals surface area (Å²) < 4.78 is 31.1. The summed E-state index contributed by atoms with van der Waals surface area (Å²) in [4.78, 5) is 17.3. The molecule has 1 amide bonds. The Hall–Kier alpha value is -4.24. The van der Waals surface area contributed by atoms with E-state index < -0.39 is 0 Å². The van der Waals surface area contributed by atoms with Crippen molar-refractivity contribution in [2.24, 2.45) is 0 Å². The molecule has 0 saturated heterocycles. The molecule has 3 aromatic carbocycles. The zero-order valence-electron chi connectivity index (χ0n) is 19.6. The molecule has 0 unspecified atom stereocenters. The van der Waals surface area contributed by atoms with Crippen molar-refractivity contribution in [1.82, 2.24) is 14.8 Å². The summed E-state index contributed by atoms with van der Waals surface area (Å²) in [6, 6.07) is 19.0. The number of methoxy groups -OCH3 is 2. The van der Waals surface area contributed by atoms with Gasteiger partial charge in [-0.1, -0.05) is 6.07 Å². The molecule has 9 heteroatoms. The largest absolute Gasteiger partial charge is 0.497 e. The van der Waals surface area contributed by atoms with Crippen LogP contribution in [0, 0.1) is 12.7 Å². The number of aromatic nitrogens is 3. The summed E-state index contributed by atoms with van der Waals surface area (Å²) in [6.07, 6.45) is 0. The zero-order chi connectivity index (χ0) is 24.8. The van der Waals surface area contributed by atoms with E-state index in [-0.39, 0.29) is 17.7 Å². The summed E-state index contributed by atoms with van der Waals surface area (Å²) in [7, 11) is 3.19. The molecule has 1 N–H and O–H groups in total. The Morgan fingerprint density at radius 2 is 1.83 bits per heavy atom. The van der Waals surface area contributed by atoms with Gasteiger partial charge in [0.2, 0.25) is 0 Å². The molecule has 35 heavy (non-hydrogen) atoms. The fourth-order valence-corrected chi connectivity index (χ4v) is 3.38. The zero-order valence-corrected chi connectivity index (χ0v) is 19.6. The van der Waals surface area contributed by atoms with Gasteiger partial charge in [-0.05, 0) is 73.2 Å². The van der Waals surface area contributed by atoms with Crippen LogP contribution in [0.1, 0.15) is 15.9 Å². The Morgan fingerprint density at radius 3 is 2.54 bits per heavy atom. The second-order valence-electron chi connectivity index (χ2n) is 7.67. The van der Waals surface area contributed by atoms with E-state index in [1.54, 1.807) is 44.0 Å². The lowest BCUT2D eigenvalue weighted by atomic mass is 10.1. The van der Waals surface area contributed by atoms with Crippen molar-refractivity contribution in [3.63, 3.8) is 0 Å². The minimum atomic E-state index is -0.357. The first-order valence-electron chi connectivity index (χ1n) is 10.9. The van der Waals surface area contributed by atoms with E-state index in [0.717, 1.165) is 11.3 Å². The van der Waals surface area contributed by atoms with E-state index in [1.165, 1.54) is 18.2 Å². The third kappa shape index (κ3) is 5.64. The minimum absolute atomic E-state index is 0.198. The molecule has 4 rings (SSSR count). The van der Waals surface area contributed by atoms with Crippen molar-refractivity contribution in [3.05, 3.63) is 83.7 Å². The van der Waals surface area contributed by atoms with Gasteiger partial charge >= 0.3 is 6.01 Å². The number of hydrogen-bond acceptors (Lipinski definition) is 6. The monoisotopic (exact) mass is 476 g/mol. The third-order valence-electron chi connectivity index (χ3n) is 5.22. The van der Waals surface area contributed by atoms with Crippen LogP contribution < -0.4 is 14.8 Å². The van der Waals surface area contributed by atoms with Gasteiger partial charge in [-0.2, -0.15) is 4.98 Å². The predicted molar refractivity (Wildman–Crippen MR) is 130 cm³/mol. The highest BCUT2D eigenvalue weighted by Gasteiger charge is 2.16. The summed E-state index contributed by atoms with van der Waals surface area (Å²) in [5.41, 5.74) is 2.78. The van der Waals surface area contributed by atoms with Crippen LogP contribution in [0.25, 0.3) is 17.1 Å². The second kappa shape index (κ2) is 10.8. The van der Waals surface area contributed by atoms with Gasteiger partial charge in [-0.15, -0.1) is 5.10 Å². The number of halogens is 1. The molecule has 180 valence electrons. The number of aryl methyl sites for hydroxylation is 1. The number of rotatable bonds is 9. The molecule has 0 aliphatic heterocycles. The summed E-state index contributed by atoms with van der Waals surface area (Å²) in [5.74, 6) is 0.571. The molecule has 0 aliphatic rings. The highest BCUT2D eigenvalue weighted by atomic mass is 19.1. The average molecular weight is 477 g/mol. The maximum absolute atomic E-state index is 13.6. The maximum atomic E-state index is 13.6. The number of carbonyl (C=O) groups is 1. The molecule has 0 aliphatic carbocycles. The molecule has 0 saturated carbocycles. The molecule has 0 fully saturated rings. The van der Waals surface area contributed by atoms with Crippen molar-refractivity contribution in [2.75, 3.05) is 32.8 Å². The van der Waals surface area contributed by atoms with E-state index in [2.05, 4.69) is 15.4 Å². The SMILES string of the molecule is COCCOc1nc(-c2ccc(OC)cc2)n(-c2cccc(NC(=O)c3ccc(F)c(C)c3)c2)n1. The van der Waals surface area contributed by atoms with Crippen LogP contribution in [-0.4, -0.2) is 48.1 Å². The molecule has 0 bridgehead atoms. The summed E-state index contributed by atoms with van der Waals surface area (Å²) in [5, 5.41) is 7.36. The van der Waals surface area contributed by atoms with Crippen LogP contribution in [0.5, 0.6) is 11.8 Å². The lowest BCUT2D eigenvalue weighted by molar-refractivity contribution is 0.102. The quantitative estimate of drug-likeness (QED) is 0.353. The topological polar surface area (TPSA) is 87.5 Å².